The average molecular weight is 433 g/mol. The van der Waals surface area contributed by atoms with Crippen molar-refractivity contribution in [3.05, 3.63) is 75.1 Å². The van der Waals surface area contributed by atoms with Crippen LogP contribution in [0.25, 0.3) is 27.0 Å². The summed E-state index contributed by atoms with van der Waals surface area (Å²) in [6.45, 7) is 0. The molecule has 2 aromatic carbocycles. The van der Waals surface area contributed by atoms with Crippen LogP contribution in [0, 0.1) is 0 Å². The summed E-state index contributed by atoms with van der Waals surface area (Å²) >= 11 is 1.24. The lowest BCUT2D eigenvalue weighted by Gasteiger charge is -2.14. The van der Waals surface area contributed by atoms with Crippen LogP contribution in [0.3, 0.4) is 0 Å². The van der Waals surface area contributed by atoms with Crippen LogP contribution < -0.4 is 16.0 Å². The number of hydrogen-bond acceptors (Lipinski definition) is 5. The number of fused-ring (bicyclic) bond motifs is 1. The summed E-state index contributed by atoms with van der Waals surface area (Å²) in [7, 11) is 2.54. The van der Waals surface area contributed by atoms with Crippen LogP contribution >= 0.6 is 11.5 Å². The molecule has 0 spiro atoms. The molecule has 0 amide bonds. The van der Waals surface area contributed by atoms with Crippen LogP contribution in [0.2, 0.25) is 0 Å². The number of aromatic nitrogens is 3. The number of nitrogens with zero attached hydrogens (tertiary/aromatic N) is 3. The largest absolute Gasteiger partial charge is 0.497 e. The molecule has 0 saturated carbocycles. The van der Waals surface area contributed by atoms with Gasteiger partial charge in [0.1, 0.15) is 11.4 Å². The van der Waals surface area contributed by atoms with Gasteiger partial charge in [0.05, 0.1) is 23.2 Å². The fourth-order valence-electron chi connectivity index (χ4n) is 3.16. The predicted octanol–water partition coefficient (Wildman–Crippen LogP) is 3.84. The first-order valence-electron chi connectivity index (χ1n) is 8.65. The number of hydrogen-bond donors (Lipinski definition) is 0. The van der Waals surface area contributed by atoms with E-state index in [-0.39, 0.29) is 5.69 Å². The fraction of sp³-hybridized carbons (Fsp3) is 0.150. The molecule has 0 unspecified atom stereocenters. The van der Waals surface area contributed by atoms with Gasteiger partial charge in [-0.3, -0.25) is 9.36 Å². The van der Waals surface area contributed by atoms with Gasteiger partial charge in [-0.2, -0.15) is 17.5 Å². The number of halogens is 3. The lowest BCUT2D eigenvalue weighted by atomic mass is 10.1. The highest BCUT2D eigenvalue weighted by Gasteiger charge is 2.35. The van der Waals surface area contributed by atoms with Crippen LogP contribution in [0.1, 0.15) is 5.69 Å². The molecule has 2 aromatic heterocycles. The number of benzene rings is 2. The normalized spacial score (nSPS) is 11.8. The minimum Gasteiger partial charge on any atom is -0.497 e. The van der Waals surface area contributed by atoms with E-state index >= 15 is 0 Å². The van der Waals surface area contributed by atoms with Crippen molar-refractivity contribution in [3.63, 3.8) is 0 Å². The Bertz CT molecular complexity index is 1370. The van der Waals surface area contributed by atoms with E-state index in [4.69, 9.17) is 4.74 Å². The summed E-state index contributed by atoms with van der Waals surface area (Å²) in [5, 5.41) is 0.677. The van der Waals surface area contributed by atoms with Crippen LogP contribution in [-0.4, -0.2) is 20.6 Å². The molecular formula is C20H14F3N3O3S. The van der Waals surface area contributed by atoms with E-state index in [1.165, 1.54) is 17.6 Å². The van der Waals surface area contributed by atoms with E-state index in [1.54, 1.807) is 31.4 Å². The number of ether oxygens (including phenoxy) is 1. The molecule has 4 rings (SSSR count). The van der Waals surface area contributed by atoms with Crippen molar-refractivity contribution in [2.24, 2.45) is 7.05 Å². The summed E-state index contributed by atoms with van der Waals surface area (Å²) in [5.74, 6) is 0.679. The fourth-order valence-corrected chi connectivity index (χ4v) is 3.93. The number of alkyl halides is 3. The third-order valence-electron chi connectivity index (χ3n) is 4.69. The van der Waals surface area contributed by atoms with Gasteiger partial charge in [-0.25, -0.2) is 9.36 Å². The molecular weight excluding hydrogens is 419 g/mol. The Kier molecular flexibility index (Phi) is 4.73. The molecule has 0 atom stereocenters. The van der Waals surface area contributed by atoms with Crippen molar-refractivity contribution >= 4 is 21.6 Å². The SMILES string of the molecule is COc1ccc(-c2nsc3ccc(-n4c(=O)cc(C(F)(F)F)n(C)c4=O)cc23)cc1. The van der Waals surface area contributed by atoms with Gasteiger partial charge in [0.15, 0.2) is 0 Å². The van der Waals surface area contributed by atoms with Crippen LogP contribution in [0.4, 0.5) is 13.2 Å². The average Bonchev–Trinajstić information content (AvgIpc) is 3.13. The van der Waals surface area contributed by atoms with Gasteiger partial charge in [-0.1, -0.05) is 0 Å². The molecule has 0 N–H and O–H groups in total. The third kappa shape index (κ3) is 3.28. The van der Waals surface area contributed by atoms with E-state index in [1.807, 2.05) is 12.1 Å². The second-order valence-electron chi connectivity index (χ2n) is 6.48. The summed E-state index contributed by atoms with van der Waals surface area (Å²) in [4.78, 5) is 24.9. The quantitative estimate of drug-likeness (QED) is 0.493. The third-order valence-corrected chi connectivity index (χ3v) is 5.51. The van der Waals surface area contributed by atoms with Gasteiger partial charge in [0.25, 0.3) is 5.56 Å². The van der Waals surface area contributed by atoms with Gasteiger partial charge >= 0.3 is 11.9 Å². The summed E-state index contributed by atoms with van der Waals surface area (Å²) in [6.07, 6.45) is -4.81. The minimum atomic E-state index is -4.81. The first-order valence-corrected chi connectivity index (χ1v) is 9.42. The van der Waals surface area contributed by atoms with Crippen molar-refractivity contribution in [2.75, 3.05) is 7.11 Å². The van der Waals surface area contributed by atoms with Crippen molar-refractivity contribution < 1.29 is 17.9 Å². The van der Waals surface area contributed by atoms with Gasteiger partial charge in [0, 0.05) is 24.1 Å². The summed E-state index contributed by atoms with van der Waals surface area (Å²) in [5.41, 5.74) is -1.84. The van der Waals surface area contributed by atoms with E-state index in [2.05, 4.69) is 4.37 Å². The van der Waals surface area contributed by atoms with Crippen molar-refractivity contribution in [3.8, 4) is 22.7 Å². The molecule has 4 aromatic rings. The van der Waals surface area contributed by atoms with Crippen molar-refractivity contribution in [1.29, 1.82) is 0 Å². The highest BCUT2D eigenvalue weighted by molar-refractivity contribution is 7.13. The Morgan fingerprint density at radius 3 is 2.37 bits per heavy atom. The Morgan fingerprint density at radius 2 is 1.73 bits per heavy atom. The minimum absolute atomic E-state index is 0.164. The maximum absolute atomic E-state index is 13.1. The molecule has 0 fully saturated rings. The zero-order valence-electron chi connectivity index (χ0n) is 15.7. The van der Waals surface area contributed by atoms with Gasteiger partial charge in [-0.05, 0) is 54.0 Å². The second kappa shape index (κ2) is 7.13. The Labute approximate surface area is 171 Å². The highest BCUT2D eigenvalue weighted by atomic mass is 32.1. The molecule has 0 aliphatic rings. The zero-order valence-corrected chi connectivity index (χ0v) is 16.5. The van der Waals surface area contributed by atoms with E-state index in [0.717, 1.165) is 17.3 Å². The molecule has 0 radical (unpaired) electrons. The predicted molar refractivity (Wildman–Crippen MR) is 107 cm³/mol. The molecule has 0 bridgehead atoms. The topological polar surface area (TPSA) is 66.1 Å². The Hall–Kier alpha value is -3.40. The smallest absolute Gasteiger partial charge is 0.431 e. The molecule has 0 saturated heterocycles. The summed E-state index contributed by atoms with van der Waals surface area (Å²) < 4.78 is 50.8. The molecule has 154 valence electrons. The molecule has 0 aliphatic carbocycles. The lowest BCUT2D eigenvalue weighted by molar-refractivity contribution is -0.144. The van der Waals surface area contributed by atoms with E-state index in [0.29, 0.717) is 32.0 Å². The maximum atomic E-state index is 13.1. The Morgan fingerprint density at radius 1 is 1.03 bits per heavy atom. The van der Waals surface area contributed by atoms with Crippen molar-refractivity contribution in [2.45, 2.75) is 6.18 Å². The molecule has 30 heavy (non-hydrogen) atoms. The molecule has 6 nitrogen and oxygen atoms in total. The van der Waals surface area contributed by atoms with Gasteiger partial charge < -0.3 is 4.74 Å². The molecule has 0 aliphatic heterocycles. The second-order valence-corrected chi connectivity index (χ2v) is 7.29. The number of rotatable bonds is 3. The summed E-state index contributed by atoms with van der Waals surface area (Å²) in [6, 6.07) is 12.4. The van der Waals surface area contributed by atoms with Crippen LogP contribution in [-0.2, 0) is 13.2 Å². The monoisotopic (exact) mass is 433 g/mol. The van der Waals surface area contributed by atoms with E-state index < -0.39 is 23.1 Å². The lowest BCUT2D eigenvalue weighted by Crippen LogP contribution is -2.40. The number of methoxy groups -OCH3 is 1. The highest BCUT2D eigenvalue weighted by Crippen LogP contribution is 2.33. The van der Waals surface area contributed by atoms with E-state index in [9.17, 15) is 22.8 Å². The maximum Gasteiger partial charge on any atom is 0.431 e. The molecule has 10 heteroatoms. The standard InChI is InChI=1S/C20H14F3N3O3S/c1-25-16(20(21,22)23)10-17(27)26(19(25)28)12-5-8-15-14(9-12)18(24-30-15)11-3-6-13(29-2)7-4-11/h3-10H,1-2H3. The first-order chi connectivity index (χ1) is 14.2. The van der Waals surface area contributed by atoms with Gasteiger partial charge in [-0.15, -0.1) is 0 Å². The zero-order chi connectivity index (χ0) is 21.6. The van der Waals surface area contributed by atoms with Crippen LogP contribution in [0.5, 0.6) is 5.75 Å². The van der Waals surface area contributed by atoms with Crippen LogP contribution in [0.15, 0.2) is 58.1 Å². The Balaban J connectivity index is 1.90. The van der Waals surface area contributed by atoms with Crippen molar-refractivity contribution in [1.82, 2.24) is 13.5 Å². The first kappa shape index (κ1) is 19.9. The molecule has 2 heterocycles. The van der Waals surface area contributed by atoms with Gasteiger partial charge in [0.2, 0.25) is 0 Å².